The van der Waals surface area contributed by atoms with E-state index in [4.69, 9.17) is 0 Å². The van der Waals surface area contributed by atoms with Crippen molar-refractivity contribution in [3.05, 3.63) is 0 Å². The number of carboxylic acid groups (broad SMARTS) is 1. The Kier molecular flexibility index (Phi) is 4.58. The molecule has 0 aromatic carbocycles. The fraction of sp³-hybridized carbons (Fsp3) is 0.867. The molecule has 2 rings (SSSR count). The van der Waals surface area contributed by atoms with Gasteiger partial charge in [0.25, 0.3) is 0 Å². The molecule has 0 aliphatic carbocycles. The van der Waals surface area contributed by atoms with Gasteiger partial charge in [-0.25, -0.2) is 0 Å². The lowest BCUT2D eigenvalue weighted by molar-refractivity contribution is -0.156. The third-order valence-electron chi connectivity index (χ3n) is 4.93. The van der Waals surface area contributed by atoms with Gasteiger partial charge in [-0.15, -0.1) is 0 Å². The second-order valence-electron chi connectivity index (χ2n) is 6.99. The lowest BCUT2D eigenvalue weighted by Gasteiger charge is -2.45. The summed E-state index contributed by atoms with van der Waals surface area (Å²) in [5.41, 5.74) is -1.38. The number of likely N-dealkylation sites (tertiary alicyclic amines) is 1. The van der Waals surface area contributed by atoms with Gasteiger partial charge in [0.2, 0.25) is 5.91 Å². The Hall–Kier alpha value is -1.14. The van der Waals surface area contributed by atoms with Gasteiger partial charge in [0.15, 0.2) is 0 Å². The van der Waals surface area contributed by atoms with Crippen molar-refractivity contribution in [3.63, 3.8) is 0 Å². The summed E-state index contributed by atoms with van der Waals surface area (Å²) in [6.45, 7) is 10.1. The number of aliphatic carboxylic acids is 1. The van der Waals surface area contributed by atoms with Gasteiger partial charge < -0.3 is 15.3 Å². The first kappa shape index (κ1) is 16.2. The lowest BCUT2D eigenvalue weighted by atomic mass is 9.81. The van der Waals surface area contributed by atoms with Crippen molar-refractivity contribution in [2.45, 2.75) is 39.2 Å². The van der Waals surface area contributed by atoms with Crippen LogP contribution in [0.15, 0.2) is 0 Å². The predicted octanol–water partition coefficient (Wildman–Crippen LogP) is 0.384. The second kappa shape index (κ2) is 5.93. The number of piperazine rings is 1. The van der Waals surface area contributed by atoms with E-state index in [0.717, 1.165) is 32.6 Å². The fourth-order valence-electron chi connectivity index (χ4n) is 3.33. The Morgan fingerprint density at radius 3 is 2.38 bits per heavy atom. The molecule has 2 saturated heterocycles. The van der Waals surface area contributed by atoms with Crippen LogP contribution in [-0.2, 0) is 9.59 Å². The van der Waals surface area contributed by atoms with E-state index in [1.54, 1.807) is 11.8 Å². The molecule has 2 N–H and O–H groups in total. The quantitative estimate of drug-likeness (QED) is 0.788. The molecule has 2 aliphatic heterocycles. The minimum atomic E-state index is -0.812. The predicted molar refractivity (Wildman–Crippen MR) is 80.1 cm³/mol. The first-order valence-corrected chi connectivity index (χ1v) is 7.76. The third-order valence-corrected chi connectivity index (χ3v) is 4.93. The van der Waals surface area contributed by atoms with Crippen molar-refractivity contribution in [1.82, 2.24) is 15.1 Å². The average molecular weight is 297 g/mol. The number of nitrogens with zero attached hydrogens (tertiary/aromatic N) is 2. The molecule has 2 aliphatic rings. The van der Waals surface area contributed by atoms with Crippen LogP contribution >= 0.6 is 0 Å². The molecule has 2 fully saturated rings. The van der Waals surface area contributed by atoms with E-state index in [-0.39, 0.29) is 5.91 Å². The minimum absolute atomic E-state index is 0.0524. The van der Waals surface area contributed by atoms with Gasteiger partial charge in [-0.1, -0.05) is 0 Å². The van der Waals surface area contributed by atoms with E-state index < -0.39 is 16.9 Å². The summed E-state index contributed by atoms with van der Waals surface area (Å²) in [4.78, 5) is 28.3. The molecule has 1 amide bonds. The molecule has 1 atom stereocenters. The van der Waals surface area contributed by atoms with Gasteiger partial charge in [0.05, 0.1) is 11.0 Å². The van der Waals surface area contributed by atoms with E-state index in [9.17, 15) is 14.7 Å². The van der Waals surface area contributed by atoms with Gasteiger partial charge in [0.1, 0.15) is 0 Å². The summed E-state index contributed by atoms with van der Waals surface area (Å²) in [5.74, 6) is -0.753. The Bertz CT molecular complexity index is 418. The highest BCUT2D eigenvalue weighted by atomic mass is 16.4. The van der Waals surface area contributed by atoms with Crippen LogP contribution in [-0.4, -0.2) is 71.6 Å². The molecule has 6 nitrogen and oxygen atoms in total. The van der Waals surface area contributed by atoms with Crippen LogP contribution in [0.3, 0.4) is 0 Å². The van der Waals surface area contributed by atoms with E-state index in [2.05, 4.69) is 10.2 Å². The van der Waals surface area contributed by atoms with Gasteiger partial charge in [0, 0.05) is 39.3 Å². The number of rotatable bonds is 3. The molecule has 120 valence electrons. The molecular weight excluding hydrogens is 270 g/mol. The van der Waals surface area contributed by atoms with Gasteiger partial charge in [-0.2, -0.15) is 0 Å². The molecule has 0 aromatic rings. The summed E-state index contributed by atoms with van der Waals surface area (Å²) in [6, 6.07) is 0. The number of amides is 1. The Labute approximate surface area is 126 Å². The molecule has 21 heavy (non-hydrogen) atoms. The Morgan fingerprint density at radius 1 is 1.19 bits per heavy atom. The summed E-state index contributed by atoms with van der Waals surface area (Å²) < 4.78 is 0. The molecule has 2 heterocycles. The molecular formula is C15H27N3O3. The monoisotopic (exact) mass is 297 g/mol. The summed E-state index contributed by atoms with van der Waals surface area (Å²) in [7, 11) is 0. The highest BCUT2D eigenvalue weighted by Gasteiger charge is 2.44. The molecule has 6 heteroatoms. The van der Waals surface area contributed by atoms with E-state index in [1.165, 1.54) is 0 Å². The second-order valence-corrected chi connectivity index (χ2v) is 6.99. The van der Waals surface area contributed by atoms with Crippen molar-refractivity contribution < 1.29 is 14.7 Å². The maximum absolute atomic E-state index is 12.9. The lowest BCUT2D eigenvalue weighted by Crippen LogP contribution is -2.62. The van der Waals surface area contributed by atoms with Crippen molar-refractivity contribution in [2.24, 2.45) is 5.41 Å². The highest BCUT2D eigenvalue weighted by molar-refractivity contribution is 5.86. The molecule has 1 unspecified atom stereocenters. The number of carbonyl (C=O) groups is 2. The van der Waals surface area contributed by atoms with Crippen molar-refractivity contribution in [2.75, 3.05) is 39.3 Å². The standard InChI is InChI=1S/C15H27N3O3/c1-14(2,18-9-6-16-7-10-18)12(19)17-8-4-5-15(3,11-17)13(20)21/h16H,4-11H2,1-3H3,(H,20,21). The number of nitrogens with one attached hydrogen (secondary N) is 1. The number of carboxylic acids is 1. The van der Waals surface area contributed by atoms with E-state index in [1.807, 2.05) is 13.8 Å². The normalized spacial score (nSPS) is 28.4. The van der Waals surface area contributed by atoms with Crippen LogP contribution in [0.4, 0.5) is 0 Å². The first-order chi connectivity index (χ1) is 9.77. The molecule has 0 aromatic heterocycles. The van der Waals surface area contributed by atoms with Crippen LogP contribution < -0.4 is 5.32 Å². The third kappa shape index (κ3) is 3.21. The number of piperidine rings is 1. The van der Waals surface area contributed by atoms with Crippen LogP contribution in [0.25, 0.3) is 0 Å². The molecule has 0 radical (unpaired) electrons. The van der Waals surface area contributed by atoms with Gasteiger partial charge in [-0.3, -0.25) is 14.5 Å². The van der Waals surface area contributed by atoms with Crippen LogP contribution in [0, 0.1) is 5.41 Å². The van der Waals surface area contributed by atoms with Crippen molar-refractivity contribution >= 4 is 11.9 Å². The summed E-state index contributed by atoms with van der Waals surface area (Å²) in [5, 5.41) is 12.7. The zero-order valence-electron chi connectivity index (χ0n) is 13.3. The first-order valence-electron chi connectivity index (χ1n) is 7.76. The average Bonchev–Trinajstić information content (AvgIpc) is 2.47. The number of hydrogen-bond acceptors (Lipinski definition) is 4. The maximum Gasteiger partial charge on any atom is 0.311 e. The van der Waals surface area contributed by atoms with E-state index >= 15 is 0 Å². The highest BCUT2D eigenvalue weighted by Crippen LogP contribution is 2.31. The molecule has 0 bridgehead atoms. The van der Waals surface area contributed by atoms with Gasteiger partial charge in [-0.05, 0) is 33.6 Å². The molecule has 0 saturated carbocycles. The zero-order valence-corrected chi connectivity index (χ0v) is 13.3. The fourth-order valence-corrected chi connectivity index (χ4v) is 3.33. The smallest absolute Gasteiger partial charge is 0.311 e. The Balaban J connectivity index is 2.09. The summed E-state index contributed by atoms with van der Waals surface area (Å²) >= 11 is 0. The van der Waals surface area contributed by atoms with E-state index in [0.29, 0.717) is 19.5 Å². The molecule has 0 spiro atoms. The van der Waals surface area contributed by atoms with Crippen molar-refractivity contribution in [3.8, 4) is 0 Å². The van der Waals surface area contributed by atoms with Crippen LogP contribution in [0.2, 0.25) is 0 Å². The topological polar surface area (TPSA) is 72.9 Å². The SMILES string of the molecule is CC1(C(=O)O)CCCN(C(=O)C(C)(C)N2CCNCC2)C1. The van der Waals surface area contributed by atoms with Crippen LogP contribution in [0.5, 0.6) is 0 Å². The summed E-state index contributed by atoms with van der Waals surface area (Å²) in [6.07, 6.45) is 1.40. The zero-order chi connectivity index (χ0) is 15.7. The minimum Gasteiger partial charge on any atom is -0.481 e. The largest absolute Gasteiger partial charge is 0.481 e. The van der Waals surface area contributed by atoms with Crippen LogP contribution in [0.1, 0.15) is 33.6 Å². The maximum atomic E-state index is 12.9. The number of hydrogen-bond donors (Lipinski definition) is 2. The van der Waals surface area contributed by atoms with Crippen molar-refractivity contribution in [1.29, 1.82) is 0 Å². The Morgan fingerprint density at radius 2 is 1.81 bits per heavy atom. The number of carbonyl (C=O) groups excluding carboxylic acids is 1. The van der Waals surface area contributed by atoms with Gasteiger partial charge >= 0.3 is 5.97 Å².